The molecule has 0 unspecified atom stereocenters. The topological polar surface area (TPSA) is 20.2 Å². The van der Waals surface area contributed by atoms with Crippen LogP contribution in [0, 0.1) is 5.92 Å². The molecule has 1 aliphatic carbocycles. The zero-order valence-corrected chi connectivity index (χ0v) is 13.9. The van der Waals surface area contributed by atoms with Crippen LogP contribution in [0.4, 0.5) is 0 Å². The summed E-state index contributed by atoms with van der Waals surface area (Å²) in [5.41, 5.74) is 0.244. The Hall–Kier alpha value is -0.863. The van der Waals surface area contributed by atoms with E-state index in [1.165, 1.54) is 37.3 Å². The van der Waals surface area contributed by atoms with E-state index >= 15 is 0 Å². The van der Waals surface area contributed by atoms with Gasteiger partial charge in [0.25, 0.3) is 0 Å². The summed E-state index contributed by atoms with van der Waals surface area (Å²) in [5.74, 6) is 0.474. The first kappa shape index (κ1) is 15.5. The third kappa shape index (κ3) is 3.24. The van der Waals surface area contributed by atoms with Crippen LogP contribution in [-0.2, 0) is 0 Å². The Morgan fingerprint density at radius 1 is 1.15 bits per heavy atom. The second-order valence-corrected chi connectivity index (χ2v) is 11.4. The molecule has 1 aliphatic rings. The fourth-order valence-corrected chi connectivity index (χ4v) is 6.84. The van der Waals surface area contributed by atoms with E-state index in [0.717, 1.165) is 0 Å². The maximum Gasteiger partial charge on any atom is 0.0901 e. The fourth-order valence-electron chi connectivity index (χ4n) is 3.69. The molecule has 0 heterocycles. The summed E-state index contributed by atoms with van der Waals surface area (Å²) in [6.07, 6.45) is 8.07. The van der Waals surface area contributed by atoms with Gasteiger partial charge in [-0.1, -0.05) is 74.0 Å². The van der Waals surface area contributed by atoms with E-state index < -0.39 is 8.07 Å². The zero-order valence-electron chi connectivity index (χ0n) is 12.9. The minimum Gasteiger partial charge on any atom is -0.393 e. The first-order valence-electron chi connectivity index (χ1n) is 7.93. The molecule has 1 saturated carbocycles. The molecule has 0 spiro atoms. The van der Waals surface area contributed by atoms with Crippen LogP contribution >= 0.6 is 0 Å². The Labute approximate surface area is 124 Å². The average Bonchev–Trinajstić information content (AvgIpc) is 2.49. The number of hydrogen-bond donors (Lipinski definition) is 1. The maximum atomic E-state index is 10.9. The second kappa shape index (κ2) is 6.73. The summed E-state index contributed by atoms with van der Waals surface area (Å²) in [5, 5.41) is 12.3. The van der Waals surface area contributed by atoms with Gasteiger partial charge in [0.1, 0.15) is 0 Å². The number of aliphatic hydroxyl groups is 1. The number of hydrogen-bond acceptors (Lipinski definition) is 1. The van der Waals surface area contributed by atoms with Gasteiger partial charge in [-0.25, -0.2) is 0 Å². The van der Waals surface area contributed by atoms with E-state index in [0.29, 0.717) is 5.92 Å². The summed E-state index contributed by atoms with van der Waals surface area (Å²) in [6, 6.07) is 10.7. The highest BCUT2D eigenvalue weighted by Crippen LogP contribution is 2.36. The van der Waals surface area contributed by atoms with Crippen LogP contribution in [0.15, 0.2) is 43.0 Å². The van der Waals surface area contributed by atoms with Crippen molar-refractivity contribution >= 4 is 13.3 Å². The standard InChI is InChI=1S/C18H28OSi/c1-4-17(18(19)15-11-7-5-8-12-15)20(2,3)16-13-9-6-10-14-16/h4,6,9-10,13-15,17-19H,1,5,7-8,11-12H2,2-3H3/t17-,18-/m0/s1. The highest BCUT2D eigenvalue weighted by Gasteiger charge is 2.39. The normalized spacial score (nSPS) is 20.4. The van der Waals surface area contributed by atoms with Crippen molar-refractivity contribution in [3.05, 3.63) is 43.0 Å². The molecule has 1 N–H and O–H groups in total. The van der Waals surface area contributed by atoms with Crippen molar-refractivity contribution < 1.29 is 5.11 Å². The van der Waals surface area contributed by atoms with Gasteiger partial charge in [-0.05, 0) is 18.8 Å². The first-order valence-corrected chi connectivity index (χ1v) is 11.0. The van der Waals surface area contributed by atoms with Gasteiger partial charge in [0.05, 0.1) is 14.2 Å². The average molecular weight is 289 g/mol. The molecular formula is C18H28OSi. The molecule has 0 saturated heterocycles. The minimum absolute atomic E-state index is 0.213. The molecule has 110 valence electrons. The number of aliphatic hydroxyl groups excluding tert-OH is 1. The van der Waals surface area contributed by atoms with E-state index in [-0.39, 0.29) is 11.6 Å². The van der Waals surface area contributed by atoms with Crippen LogP contribution < -0.4 is 5.19 Å². The van der Waals surface area contributed by atoms with Gasteiger partial charge >= 0.3 is 0 Å². The van der Waals surface area contributed by atoms with E-state index in [1.54, 1.807) is 0 Å². The molecule has 0 aromatic heterocycles. The van der Waals surface area contributed by atoms with Gasteiger partial charge < -0.3 is 5.11 Å². The van der Waals surface area contributed by atoms with Gasteiger partial charge in [-0.2, -0.15) is 0 Å². The van der Waals surface area contributed by atoms with Gasteiger partial charge in [0.15, 0.2) is 0 Å². The lowest BCUT2D eigenvalue weighted by molar-refractivity contribution is 0.0861. The molecule has 1 fully saturated rings. The SMILES string of the molecule is C=C[C@@H]([C@@H](O)C1CCCCC1)[Si](C)(C)c1ccccc1. The van der Waals surface area contributed by atoms with Crippen molar-refractivity contribution in [2.75, 3.05) is 0 Å². The summed E-state index contributed by atoms with van der Waals surface area (Å²) in [7, 11) is -1.72. The molecular weight excluding hydrogens is 260 g/mol. The lowest BCUT2D eigenvalue weighted by Crippen LogP contribution is -2.50. The largest absolute Gasteiger partial charge is 0.393 e. The van der Waals surface area contributed by atoms with Crippen LogP contribution in [0.2, 0.25) is 18.6 Å². The van der Waals surface area contributed by atoms with Gasteiger partial charge in [0, 0.05) is 5.54 Å². The van der Waals surface area contributed by atoms with Crippen molar-refractivity contribution in [1.82, 2.24) is 0 Å². The van der Waals surface area contributed by atoms with Crippen molar-refractivity contribution in [2.24, 2.45) is 5.92 Å². The van der Waals surface area contributed by atoms with Crippen LogP contribution in [-0.4, -0.2) is 19.3 Å². The fraction of sp³-hybridized carbons (Fsp3) is 0.556. The van der Waals surface area contributed by atoms with Crippen molar-refractivity contribution in [2.45, 2.75) is 56.8 Å². The van der Waals surface area contributed by atoms with Crippen molar-refractivity contribution in [1.29, 1.82) is 0 Å². The Balaban J connectivity index is 2.19. The molecule has 1 nitrogen and oxygen atoms in total. The zero-order chi connectivity index (χ0) is 14.6. The van der Waals surface area contributed by atoms with E-state index in [1.807, 2.05) is 6.08 Å². The Morgan fingerprint density at radius 2 is 1.75 bits per heavy atom. The highest BCUT2D eigenvalue weighted by atomic mass is 28.3. The molecule has 20 heavy (non-hydrogen) atoms. The maximum absolute atomic E-state index is 10.9. The van der Waals surface area contributed by atoms with Crippen molar-refractivity contribution in [3.8, 4) is 0 Å². The third-order valence-corrected chi connectivity index (χ3v) is 9.17. The Morgan fingerprint density at radius 3 is 2.30 bits per heavy atom. The van der Waals surface area contributed by atoms with Gasteiger partial charge in [-0.3, -0.25) is 0 Å². The lowest BCUT2D eigenvalue weighted by Gasteiger charge is -2.39. The van der Waals surface area contributed by atoms with Crippen molar-refractivity contribution in [3.63, 3.8) is 0 Å². The molecule has 1 aromatic rings. The van der Waals surface area contributed by atoms with E-state index in [9.17, 15) is 5.11 Å². The Kier molecular flexibility index (Phi) is 5.22. The monoisotopic (exact) mass is 288 g/mol. The summed E-state index contributed by atoms with van der Waals surface area (Å²) in [4.78, 5) is 0. The smallest absolute Gasteiger partial charge is 0.0901 e. The van der Waals surface area contributed by atoms with Crippen LogP contribution in [0.25, 0.3) is 0 Å². The number of rotatable bonds is 5. The molecule has 1 aromatic carbocycles. The molecule has 0 amide bonds. The van der Waals surface area contributed by atoms with Gasteiger partial charge in [0.2, 0.25) is 0 Å². The Bertz CT molecular complexity index is 420. The molecule has 0 bridgehead atoms. The summed E-state index contributed by atoms with van der Waals surface area (Å²) < 4.78 is 0. The van der Waals surface area contributed by atoms with Crippen LogP contribution in [0.3, 0.4) is 0 Å². The molecule has 2 heteroatoms. The predicted molar refractivity (Wildman–Crippen MR) is 90.1 cm³/mol. The molecule has 0 aliphatic heterocycles. The number of benzene rings is 1. The minimum atomic E-state index is -1.72. The molecule has 2 rings (SSSR count). The molecule has 2 atom stereocenters. The highest BCUT2D eigenvalue weighted by molar-refractivity contribution is 6.91. The van der Waals surface area contributed by atoms with E-state index in [4.69, 9.17) is 0 Å². The first-order chi connectivity index (χ1) is 9.57. The quantitative estimate of drug-likeness (QED) is 0.639. The van der Waals surface area contributed by atoms with Crippen LogP contribution in [0.5, 0.6) is 0 Å². The third-order valence-electron chi connectivity index (χ3n) is 5.11. The predicted octanol–water partition coefficient (Wildman–Crippen LogP) is 4.10. The summed E-state index contributed by atoms with van der Waals surface area (Å²) >= 11 is 0. The van der Waals surface area contributed by atoms with Crippen LogP contribution in [0.1, 0.15) is 32.1 Å². The summed E-state index contributed by atoms with van der Waals surface area (Å²) in [6.45, 7) is 8.77. The van der Waals surface area contributed by atoms with Gasteiger partial charge in [-0.15, -0.1) is 6.58 Å². The lowest BCUT2D eigenvalue weighted by atomic mass is 9.84. The second-order valence-electron chi connectivity index (χ2n) is 6.74. The van der Waals surface area contributed by atoms with E-state index in [2.05, 4.69) is 50.0 Å². The molecule has 0 radical (unpaired) electrons.